The Labute approximate surface area is 112 Å². The van der Waals surface area contributed by atoms with Gasteiger partial charge in [-0.2, -0.15) is 0 Å². The Kier molecular flexibility index (Phi) is 4.07. The summed E-state index contributed by atoms with van der Waals surface area (Å²) in [6, 6.07) is 4.34. The van der Waals surface area contributed by atoms with E-state index in [0.29, 0.717) is 18.7 Å². The third kappa shape index (κ3) is 3.24. The molecule has 5 nitrogen and oxygen atoms in total. The molecule has 1 heterocycles. The van der Waals surface area contributed by atoms with E-state index in [1.54, 1.807) is 0 Å². The number of phenols is 2. The molecule has 2 atom stereocenters. The van der Waals surface area contributed by atoms with Crippen LogP contribution in [0.2, 0.25) is 0 Å². The smallest absolute Gasteiger partial charge is 0.176 e. The quantitative estimate of drug-likeness (QED) is 0.638. The number of ketones is 1. The molecule has 5 heteroatoms. The summed E-state index contributed by atoms with van der Waals surface area (Å²) in [7, 11) is 0. The first-order valence-corrected chi connectivity index (χ1v) is 6.38. The molecule has 1 fully saturated rings. The monoisotopic (exact) mass is 265 g/mol. The lowest BCUT2D eigenvalue weighted by molar-refractivity contribution is -0.0460. The van der Waals surface area contributed by atoms with E-state index >= 15 is 0 Å². The summed E-state index contributed by atoms with van der Waals surface area (Å²) in [5.41, 5.74) is 0.404. The molecule has 104 valence electrons. The average Bonchev–Trinajstić information content (AvgIpc) is 2.37. The fourth-order valence-electron chi connectivity index (χ4n) is 2.16. The third-order valence-electron chi connectivity index (χ3n) is 3.38. The van der Waals surface area contributed by atoms with E-state index in [0.717, 1.165) is 6.54 Å². The number of benzene rings is 1. The zero-order valence-electron chi connectivity index (χ0n) is 11.2. The maximum absolute atomic E-state index is 12.2. The van der Waals surface area contributed by atoms with Crippen molar-refractivity contribution in [2.24, 2.45) is 0 Å². The van der Waals surface area contributed by atoms with E-state index < -0.39 is 0 Å². The predicted molar refractivity (Wildman–Crippen MR) is 70.6 cm³/mol. The molecule has 0 saturated carbocycles. The van der Waals surface area contributed by atoms with Crippen molar-refractivity contribution in [1.29, 1.82) is 0 Å². The number of carbonyl (C=O) groups is 1. The number of aromatic hydroxyl groups is 2. The van der Waals surface area contributed by atoms with Crippen LogP contribution in [0.25, 0.3) is 0 Å². The molecule has 0 radical (unpaired) electrons. The first-order chi connectivity index (χ1) is 8.97. The second-order valence-electron chi connectivity index (χ2n) is 5.05. The number of hydrogen-bond donors (Lipinski definition) is 2. The van der Waals surface area contributed by atoms with Crippen molar-refractivity contribution in [3.8, 4) is 11.5 Å². The van der Waals surface area contributed by atoms with Crippen molar-refractivity contribution < 1.29 is 19.7 Å². The molecule has 1 aromatic rings. The highest BCUT2D eigenvalue weighted by Crippen LogP contribution is 2.25. The number of ether oxygens (including phenoxy) is 1. The highest BCUT2D eigenvalue weighted by Gasteiger charge is 2.25. The maximum Gasteiger partial charge on any atom is 0.176 e. The molecule has 0 spiro atoms. The van der Waals surface area contributed by atoms with Crippen molar-refractivity contribution in [3.63, 3.8) is 0 Å². The van der Waals surface area contributed by atoms with E-state index in [-0.39, 0.29) is 29.4 Å². The summed E-state index contributed by atoms with van der Waals surface area (Å²) in [5.74, 6) is -0.560. The summed E-state index contributed by atoms with van der Waals surface area (Å²) in [5, 5.41) is 18.6. The van der Waals surface area contributed by atoms with Crippen molar-refractivity contribution in [1.82, 2.24) is 4.90 Å². The van der Waals surface area contributed by atoms with Crippen LogP contribution in [0.15, 0.2) is 18.2 Å². The Morgan fingerprint density at radius 3 is 2.79 bits per heavy atom. The van der Waals surface area contributed by atoms with Crippen LogP contribution in [0.5, 0.6) is 11.5 Å². The number of hydrogen-bond acceptors (Lipinski definition) is 5. The zero-order chi connectivity index (χ0) is 14.0. The van der Waals surface area contributed by atoms with Gasteiger partial charge in [-0.15, -0.1) is 0 Å². The number of rotatable bonds is 3. The zero-order valence-corrected chi connectivity index (χ0v) is 11.2. The first-order valence-electron chi connectivity index (χ1n) is 6.38. The molecule has 1 saturated heterocycles. The molecule has 2 rings (SSSR count). The Morgan fingerprint density at radius 2 is 2.11 bits per heavy atom. The normalized spacial score (nSPS) is 24.3. The fourth-order valence-corrected chi connectivity index (χ4v) is 2.16. The van der Waals surface area contributed by atoms with E-state index in [2.05, 4.69) is 4.90 Å². The predicted octanol–water partition coefficient (Wildman–Crippen LogP) is 1.39. The van der Waals surface area contributed by atoms with Gasteiger partial charge in [0.05, 0.1) is 19.3 Å². The molecule has 0 aromatic heterocycles. The van der Waals surface area contributed by atoms with Gasteiger partial charge in [-0.1, -0.05) is 0 Å². The molecule has 2 unspecified atom stereocenters. The number of nitrogens with zero attached hydrogens (tertiary/aromatic N) is 1. The van der Waals surface area contributed by atoms with Gasteiger partial charge >= 0.3 is 0 Å². The van der Waals surface area contributed by atoms with Gasteiger partial charge in [0.25, 0.3) is 0 Å². The van der Waals surface area contributed by atoms with Gasteiger partial charge in [-0.05, 0) is 32.0 Å². The Morgan fingerprint density at radius 1 is 1.37 bits per heavy atom. The van der Waals surface area contributed by atoms with Crippen LogP contribution in [-0.2, 0) is 4.74 Å². The van der Waals surface area contributed by atoms with Gasteiger partial charge in [-0.25, -0.2) is 0 Å². The lowest BCUT2D eigenvalue weighted by Crippen LogP contribution is -2.49. The average molecular weight is 265 g/mol. The molecule has 0 amide bonds. The number of Topliss-reactive ketones (excluding diaryl/α,β-unsaturated/α-hetero) is 1. The van der Waals surface area contributed by atoms with E-state index in [9.17, 15) is 15.0 Å². The summed E-state index contributed by atoms with van der Waals surface area (Å²) in [6.07, 6.45) is 0.122. The largest absolute Gasteiger partial charge is 0.504 e. The van der Waals surface area contributed by atoms with Crippen LogP contribution < -0.4 is 0 Å². The van der Waals surface area contributed by atoms with Gasteiger partial charge in [-0.3, -0.25) is 9.69 Å². The van der Waals surface area contributed by atoms with Crippen LogP contribution in [-0.4, -0.2) is 52.7 Å². The maximum atomic E-state index is 12.2. The minimum Gasteiger partial charge on any atom is -0.504 e. The molecule has 1 aliphatic heterocycles. The highest BCUT2D eigenvalue weighted by molar-refractivity contribution is 5.98. The minimum atomic E-state index is -0.269. The van der Waals surface area contributed by atoms with E-state index in [4.69, 9.17) is 4.74 Å². The standard InChI is InChI=1S/C14H19NO4/c1-9-8-19-10(2)6-15(9)7-14(18)11-3-4-12(16)13(17)5-11/h3-5,9-10,16-17H,6-8H2,1-2H3. The van der Waals surface area contributed by atoms with Crippen LogP contribution in [0.4, 0.5) is 0 Å². The minimum absolute atomic E-state index is 0.0729. The van der Waals surface area contributed by atoms with Crippen LogP contribution in [0.3, 0.4) is 0 Å². The van der Waals surface area contributed by atoms with Crippen molar-refractivity contribution in [2.45, 2.75) is 26.0 Å². The third-order valence-corrected chi connectivity index (χ3v) is 3.38. The molecule has 2 N–H and O–H groups in total. The summed E-state index contributed by atoms with van der Waals surface area (Å²) in [6.45, 7) is 5.63. The van der Waals surface area contributed by atoms with Gasteiger partial charge < -0.3 is 14.9 Å². The van der Waals surface area contributed by atoms with Crippen molar-refractivity contribution >= 4 is 5.78 Å². The Hall–Kier alpha value is -1.59. The Bertz CT molecular complexity index is 475. The van der Waals surface area contributed by atoms with Gasteiger partial charge in [0, 0.05) is 18.2 Å². The second kappa shape index (κ2) is 5.59. The van der Waals surface area contributed by atoms with E-state index in [1.165, 1.54) is 18.2 Å². The fraction of sp³-hybridized carbons (Fsp3) is 0.500. The topological polar surface area (TPSA) is 70.0 Å². The SMILES string of the molecule is CC1CN(CC(=O)c2ccc(O)c(O)c2)C(C)CO1. The summed E-state index contributed by atoms with van der Waals surface area (Å²) in [4.78, 5) is 14.2. The number of morpholine rings is 1. The molecule has 1 aromatic carbocycles. The second-order valence-corrected chi connectivity index (χ2v) is 5.05. The lowest BCUT2D eigenvalue weighted by Gasteiger charge is -2.36. The first kappa shape index (κ1) is 13.8. The highest BCUT2D eigenvalue weighted by atomic mass is 16.5. The summed E-state index contributed by atoms with van der Waals surface area (Å²) < 4.78 is 5.52. The molecular weight excluding hydrogens is 246 g/mol. The molecule has 0 bridgehead atoms. The van der Waals surface area contributed by atoms with Crippen LogP contribution in [0.1, 0.15) is 24.2 Å². The molecule has 19 heavy (non-hydrogen) atoms. The van der Waals surface area contributed by atoms with E-state index in [1.807, 2.05) is 13.8 Å². The van der Waals surface area contributed by atoms with Crippen LogP contribution >= 0.6 is 0 Å². The van der Waals surface area contributed by atoms with Gasteiger partial charge in [0.15, 0.2) is 17.3 Å². The molecular formula is C14H19NO4. The lowest BCUT2D eigenvalue weighted by atomic mass is 10.1. The van der Waals surface area contributed by atoms with Crippen LogP contribution in [0, 0.1) is 0 Å². The van der Waals surface area contributed by atoms with Crippen molar-refractivity contribution in [2.75, 3.05) is 19.7 Å². The summed E-state index contributed by atoms with van der Waals surface area (Å²) >= 11 is 0. The van der Waals surface area contributed by atoms with Gasteiger partial charge in [0.1, 0.15) is 0 Å². The Balaban J connectivity index is 2.05. The molecule has 0 aliphatic carbocycles. The van der Waals surface area contributed by atoms with Crippen molar-refractivity contribution in [3.05, 3.63) is 23.8 Å². The number of phenolic OH excluding ortho intramolecular Hbond substituents is 2. The van der Waals surface area contributed by atoms with Gasteiger partial charge in [0.2, 0.25) is 0 Å². The number of carbonyl (C=O) groups excluding carboxylic acids is 1. The molecule has 1 aliphatic rings.